The van der Waals surface area contributed by atoms with Gasteiger partial charge in [-0.2, -0.15) is 0 Å². The van der Waals surface area contributed by atoms with Crippen molar-refractivity contribution in [2.75, 3.05) is 32.6 Å². The zero-order valence-corrected chi connectivity index (χ0v) is 18.3. The summed E-state index contributed by atoms with van der Waals surface area (Å²) in [6, 6.07) is 5.97. The smallest absolute Gasteiger partial charge is 0.341 e. The standard InChI is InChI=1S/C20H24N2O5S2/c1-4-27-20(24)18-15-9-6-10-17(15)28-19(18)21-12-16(23)13-7-5-8-14(11-13)29(25,26)22(2)3/h5,7-8,11,21H,4,6,9-10,12H2,1-3H3. The lowest BCUT2D eigenvalue weighted by molar-refractivity contribution is 0.0526. The van der Waals surface area contributed by atoms with Crippen LogP contribution in [-0.2, 0) is 27.6 Å². The molecule has 7 nitrogen and oxygen atoms in total. The highest BCUT2D eigenvalue weighted by Crippen LogP contribution is 2.39. The highest BCUT2D eigenvalue weighted by atomic mass is 32.2. The molecule has 0 bridgehead atoms. The maximum atomic E-state index is 12.7. The molecule has 1 aliphatic carbocycles. The van der Waals surface area contributed by atoms with Crippen LogP contribution in [-0.4, -0.2) is 51.7 Å². The Bertz CT molecular complexity index is 1040. The van der Waals surface area contributed by atoms with Gasteiger partial charge in [0.15, 0.2) is 5.78 Å². The highest BCUT2D eigenvalue weighted by molar-refractivity contribution is 7.89. The van der Waals surface area contributed by atoms with Gasteiger partial charge in [-0.3, -0.25) is 4.79 Å². The first kappa shape index (κ1) is 21.5. The van der Waals surface area contributed by atoms with E-state index in [2.05, 4.69) is 5.32 Å². The third kappa shape index (κ3) is 4.36. The molecule has 0 spiro atoms. The lowest BCUT2D eigenvalue weighted by atomic mass is 10.1. The summed E-state index contributed by atoms with van der Waals surface area (Å²) in [5.41, 5.74) is 1.84. The molecule has 0 saturated carbocycles. The number of carbonyl (C=O) groups is 2. The monoisotopic (exact) mass is 436 g/mol. The summed E-state index contributed by atoms with van der Waals surface area (Å²) in [5.74, 6) is -0.634. The Balaban J connectivity index is 1.79. The van der Waals surface area contributed by atoms with Crippen molar-refractivity contribution in [3.05, 3.63) is 45.8 Å². The number of ether oxygens (including phenoxy) is 1. The van der Waals surface area contributed by atoms with E-state index in [-0.39, 0.29) is 29.8 Å². The second-order valence-electron chi connectivity index (χ2n) is 6.87. The van der Waals surface area contributed by atoms with Gasteiger partial charge >= 0.3 is 5.97 Å². The fraction of sp³-hybridized carbons (Fsp3) is 0.400. The lowest BCUT2D eigenvalue weighted by Crippen LogP contribution is -2.23. The molecule has 1 heterocycles. The van der Waals surface area contributed by atoms with Crippen molar-refractivity contribution >= 4 is 38.1 Å². The second kappa shape index (κ2) is 8.64. The lowest BCUT2D eigenvalue weighted by Gasteiger charge is -2.12. The van der Waals surface area contributed by atoms with E-state index in [0.29, 0.717) is 16.1 Å². The number of nitrogens with one attached hydrogen (secondary N) is 1. The molecule has 29 heavy (non-hydrogen) atoms. The molecule has 156 valence electrons. The first-order chi connectivity index (χ1) is 13.8. The molecule has 0 saturated heterocycles. The molecular formula is C20H24N2O5S2. The number of anilines is 1. The van der Waals surface area contributed by atoms with Crippen molar-refractivity contribution in [1.82, 2.24) is 4.31 Å². The zero-order chi connectivity index (χ0) is 21.2. The van der Waals surface area contributed by atoms with Crippen LogP contribution in [0.3, 0.4) is 0 Å². The molecule has 1 aromatic carbocycles. The van der Waals surface area contributed by atoms with Gasteiger partial charge in [0.2, 0.25) is 10.0 Å². The van der Waals surface area contributed by atoms with Crippen LogP contribution in [0.2, 0.25) is 0 Å². The maximum absolute atomic E-state index is 12.7. The average Bonchev–Trinajstić information content (AvgIpc) is 3.26. The molecule has 0 fully saturated rings. The Labute approximate surface area is 174 Å². The molecule has 0 unspecified atom stereocenters. The number of sulfonamides is 1. The van der Waals surface area contributed by atoms with Crippen molar-refractivity contribution in [3.8, 4) is 0 Å². The van der Waals surface area contributed by atoms with Gasteiger partial charge < -0.3 is 10.1 Å². The predicted molar refractivity (Wildman–Crippen MR) is 112 cm³/mol. The summed E-state index contributed by atoms with van der Waals surface area (Å²) in [7, 11) is -0.735. The number of aryl methyl sites for hydroxylation is 1. The van der Waals surface area contributed by atoms with Crippen molar-refractivity contribution in [3.63, 3.8) is 0 Å². The first-order valence-corrected chi connectivity index (χ1v) is 11.6. The average molecular weight is 437 g/mol. The normalized spacial score (nSPS) is 13.4. The zero-order valence-electron chi connectivity index (χ0n) is 16.6. The van der Waals surface area contributed by atoms with Crippen molar-refractivity contribution in [1.29, 1.82) is 0 Å². The van der Waals surface area contributed by atoms with Gasteiger partial charge in [-0.15, -0.1) is 11.3 Å². The minimum atomic E-state index is -3.62. The molecule has 1 N–H and O–H groups in total. The largest absolute Gasteiger partial charge is 0.462 e. The third-order valence-corrected chi connectivity index (χ3v) is 7.81. The van der Waals surface area contributed by atoms with E-state index in [0.717, 1.165) is 34.0 Å². The van der Waals surface area contributed by atoms with E-state index < -0.39 is 10.0 Å². The van der Waals surface area contributed by atoms with Crippen LogP contribution >= 0.6 is 11.3 Å². The molecule has 0 radical (unpaired) electrons. The van der Waals surface area contributed by atoms with Gasteiger partial charge in [0.05, 0.1) is 23.6 Å². The quantitative estimate of drug-likeness (QED) is 0.505. The van der Waals surface area contributed by atoms with E-state index in [4.69, 9.17) is 4.74 Å². The summed E-state index contributed by atoms with van der Waals surface area (Å²) in [6.45, 7) is 2.00. The third-order valence-electron chi connectivity index (χ3n) is 4.74. The topological polar surface area (TPSA) is 92.8 Å². The first-order valence-electron chi connectivity index (χ1n) is 9.37. The van der Waals surface area contributed by atoms with Gasteiger partial charge in [0, 0.05) is 24.5 Å². The number of benzene rings is 1. The predicted octanol–water partition coefficient (Wildman–Crippen LogP) is 2.96. The van der Waals surface area contributed by atoms with Gasteiger partial charge in [-0.1, -0.05) is 12.1 Å². The van der Waals surface area contributed by atoms with Crippen LogP contribution < -0.4 is 5.32 Å². The number of nitrogens with zero attached hydrogens (tertiary/aromatic N) is 1. The molecule has 2 aromatic rings. The number of esters is 1. The van der Waals surface area contributed by atoms with Crippen molar-refractivity contribution < 1.29 is 22.7 Å². The van der Waals surface area contributed by atoms with Crippen molar-refractivity contribution in [2.45, 2.75) is 31.1 Å². The van der Waals surface area contributed by atoms with E-state index in [1.165, 1.54) is 37.6 Å². The van der Waals surface area contributed by atoms with E-state index in [9.17, 15) is 18.0 Å². The number of carbonyl (C=O) groups excluding carboxylic acids is 2. The number of fused-ring (bicyclic) bond motifs is 1. The van der Waals surface area contributed by atoms with Gasteiger partial charge in [-0.05, 0) is 43.9 Å². The van der Waals surface area contributed by atoms with Gasteiger partial charge in [0.25, 0.3) is 0 Å². The molecule has 1 aliphatic rings. The Kier molecular flexibility index (Phi) is 6.40. The minimum absolute atomic E-state index is 0.0444. The van der Waals surface area contributed by atoms with E-state index >= 15 is 0 Å². The summed E-state index contributed by atoms with van der Waals surface area (Å²) < 4.78 is 30.9. The number of Topliss-reactive ketones (excluding diaryl/α,β-unsaturated/α-hetero) is 1. The Morgan fingerprint density at radius 3 is 2.69 bits per heavy atom. The molecule has 0 amide bonds. The number of hydrogen-bond donors (Lipinski definition) is 1. The molecule has 9 heteroatoms. The minimum Gasteiger partial charge on any atom is -0.462 e. The Morgan fingerprint density at radius 2 is 2.00 bits per heavy atom. The molecule has 1 aromatic heterocycles. The van der Waals surface area contributed by atoms with Crippen molar-refractivity contribution in [2.24, 2.45) is 0 Å². The summed E-state index contributed by atoms with van der Waals surface area (Å²) in [6.07, 6.45) is 2.77. The molecule has 3 rings (SSSR count). The van der Waals surface area contributed by atoms with E-state index in [1.54, 1.807) is 19.1 Å². The highest BCUT2D eigenvalue weighted by Gasteiger charge is 2.27. The maximum Gasteiger partial charge on any atom is 0.341 e. The van der Waals surface area contributed by atoms with Crippen LogP contribution in [0, 0.1) is 0 Å². The molecule has 0 atom stereocenters. The number of rotatable bonds is 8. The summed E-state index contributed by atoms with van der Waals surface area (Å²) in [4.78, 5) is 26.3. The fourth-order valence-corrected chi connectivity index (χ4v) is 5.47. The number of hydrogen-bond acceptors (Lipinski definition) is 7. The molecular weight excluding hydrogens is 412 g/mol. The van der Waals surface area contributed by atoms with Crippen LogP contribution in [0.15, 0.2) is 29.2 Å². The summed E-state index contributed by atoms with van der Waals surface area (Å²) in [5, 5.41) is 3.71. The number of thiophene rings is 1. The summed E-state index contributed by atoms with van der Waals surface area (Å²) >= 11 is 1.48. The van der Waals surface area contributed by atoms with Crippen LogP contribution in [0.4, 0.5) is 5.00 Å². The Hall–Kier alpha value is -2.23. The van der Waals surface area contributed by atoms with Crippen LogP contribution in [0.5, 0.6) is 0 Å². The SMILES string of the molecule is CCOC(=O)c1c(NCC(=O)c2cccc(S(=O)(=O)N(C)C)c2)sc2c1CCC2. The Morgan fingerprint density at radius 1 is 1.24 bits per heavy atom. The second-order valence-corrected chi connectivity index (χ2v) is 10.1. The number of ketones is 1. The van der Waals surface area contributed by atoms with Crippen LogP contribution in [0.25, 0.3) is 0 Å². The van der Waals surface area contributed by atoms with Gasteiger partial charge in [0.1, 0.15) is 5.00 Å². The molecule has 0 aliphatic heterocycles. The fourth-order valence-electron chi connectivity index (χ4n) is 3.25. The van der Waals surface area contributed by atoms with Gasteiger partial charge in [-0.25, -0.2) is 17.5 Å². The van der Waals surface area contributed by atoms with Crippen LogP contribution in [0.1, 0.15) is 44.5 Å². The van der Waals surface area contributed by atoms with E-state index in [1.807, 2.05) is 0 Å².